The molecule has 0 amide bonds. The van der Waals surface area contributed by atoms with E-state index in [-0.39, 0.29) is 18.3 Å². The molecule has 3 heterocycles. The van der Waals surface area contributed by atoms with Gasteiger partial charge in [-0.2, -0.15) is 0 Å². The third kappa shape index (κ3) is 4.56. The van der Waals surface area contributed by atoms with E-state index in [4.69, 9.17) is 24.0 Å². The standard InChI is InChI=1S/C29H25N5O5/c1-17(18-4-9-21(36-2)10-5-18)33-38-15-25-31-28-27-26(19-6-11-22(37-3)12-7-19)23-13-8-20(35)14-24(23)39-29(27)30-16-34(28)32-25/h4-14,16,26,35H,15H2,1-3H3/b33-17-. The van der Waals surface area contributed by atoms with Crippen LogP contribution in [0.3, 0.4) is 0 Å². The minimum Gasteiger partial charge on any atom is -0.508 e. The van der Waals surface area contributed by atoms with E-state index in [0.717, 1.165) is 33.8 Å². The number of fused-ring (bicyclic) bond motifs is 4. The van der Waals surface area contributed by atoms with Gasteiger partial charge < -0.3 is 24.2 Å². The smallest absolute Gasteiger partial charge is 0.228 e. The third-order valence-electron chi connectivity index (χ3n) is 6.59. The van der Waals surface area contributed by atoms with Gasteiger partial charge in [0.2, 0.25) is 5.88 Å². The van der Waals surface area contributed by atoms with Gasteiger partial charge in [-0.3, -0.25) is 0 Å². The Labute approximate surface area is 224 Å². The summed E-state index contributed by atoms with van der Waals surface area (Å²) in [6, 6.07) is 20.5. The summed E-state index contributed by atoms with van der Waals surface area (Å²) in [4.78, 5) is 14.9. The highest BCUT2D eigenvalue weighted by Gasteiger charge is 2.33. The lowest BCUT2D eigenvalue weighted by atomic mass is 9.84. The summed E-state index contributed by atoms with van der Waals surface area (Å²) in [7, 11) is 3.26. The Morgan fingerprint density at radius 2 is 1.72 bits per heavy atom. The summed E-state index contributed by atoms with van der Waals surface area (Å²) in [6.07, 6.45) is 1.55. The fraction of sp³-hybridized carbons (Fsp3) is 0.172. The zero-order valence-electron chi connectivity index (χ0n) is 21.5. The minimum absolute atomic E-state index is 0.0719. The normalized spacial score (nSPS) is 14.3. The number of rotatable bonds is 7. The first kappa shape index (κ1) is 24.2. The number of benzene rings is 3. The summed E-state index contributed by atoms with van der Waals surface area (Å²) in [5.41, 5.74) is 4.85. The molecule has 1 unspecified atom stereocenters. The quantitative estimate of drug-likeness (QED) is 0.228. The number of oxime groups is 1. The molecule has 39 heavy (non-hydrogen) atoms. The molecule has 1 N–H and O–H groups in total. The topological polar surface area (TPSA) is 113 Å². The van der Waals surface area contributed by atoms with Crippen LogP contribution < -0.4 is 14.2 Å². The molecule has 5 aromatic rings. The van der Waals surface area contributed by atoms with Gasteiger partial charge in [-0.25, -0.2) is 14.5 Å². The van der Waals surface area contributed by atoms with Gasteiger partial charge in [0.25, 0.3) is 0 Å². The number of hydrogen-bond donors (Lipinski definition) is 1. The molecule has 0 aliphatic carbocycles. The second kappa shape index (κ2) is 9.97. The maximum atomic E-state index is 10.1. The van der Waals surface area contributed by atoms with Crippen LogP contribution in [0.5, 0.6) is 28.9 Å². The van der Waals surface area contributed by atoms with Crippen molar-refractivity contribution in [2.75, 3.05) is 14.2 Å². The lowest BCUT2D eigenvalue weighted by Crippen LogP contribution is -2.15. The van der Waals surface area contributed by atoms with E-state index in [1.165, 1.54) is 0 Å². The first-order valence-corrected chi connectivity index (χ1v) is 12.2. The number of aromatic nitrogens is 4. The third-order valence-corrected chi connectivity index (χ3v) is 6.59. The van der Waals surface area contributed by atoms with Crippen molar-refractivity contribution in [1.29, 1.82) is 0 Å². The average Bonchev–Trinajstić information content (AvgIpc) is 3.39. The number of ether oxygens (including phenoxy) is 3. The average molecular weight is 524 g/mol. The molecule has 0 saturated carbocycles. The van der Waals surface area contributed by atoms with Crippen LogP contribution in [-0.4, -0.2) is 44.6 Å². The minimum atomic E-state index is -0.264. The van der Waals surface area contributed by atoms with Gasteiger partial charge in [0, 0.05) is 17.5 Å². The van der Waals surface area contributed by atoms with Crippen molar-refractivity contribution in [2.45, 2.75) is 19.4 Å². The van der Waals surface area contributed by atoms with Crippen molar-refractivity contribution in [3.63, 3.8) is 0 Å². The number of phenolic OH excluding ortho intramolecular Hbond substituents is 1. The summed E-state index contributed by atoms with van der Waals surface area (Å²) < 4.78 is 18.3. The molecule has 2 aromatic heterocycles. The second-order valence-corrected chi connectivity index (χ2v) is 8.97. The van der Waals surface area contributed by atoms with Crippen molar-refractivity contribution in [3.8, 4) is 28.9 Å². The molecule has 0 saturated heterocycles. The van der Waals surface area contributed by atoms with Crippen molar-refractivity contribution in [3.05, 3.63) is 101 Å². The molecule has 0 spiro atoms. The zero-order valence-corrected chi connectivity index (χ0v) is 21.5. The molecule has 196 valence electrons. The van der Waals surface area contributed by atoms with Crippen molar-refractivity contribution in [1.82, 2.24) is 19.6 Å². The molecule has 10 heteroatoms. The van der Waals surface area contributed by atoms with Gasteiger partial charge in [0.05, 0.1) is 25.5 Å². The molecule has 0 fully saturated rings. The predicted octanol–water partition coefficient (Wildman–Crippen LogP) is 5.07. The lowest BCUT2D eigenvalue weighted by molar-refractivity contribution is 0.125. The van der Waals surface area contributed by atoms with Gasteiger partial charge in [0.15, 0.2) is 18.1 Å². The highest BCUT2D eigenvalue weighted by Crippen LogP contribution is 2.48. The monoisotopic (exact) mass is 523 g/mol. The summed E-state index contributed by atoms with van der Waals surface area (Å²) in [5.74, 6) is 2.75. The van der Waals surface area contributed by atoms with Crippen LogP contribution >= 0.6 is 0 Å². The number of aromatic hydroxyl groups is 1. The van der Waals surface area contributed by atoms with E-state index in [1.807, 2.05) is 61.5 Å². The molecule has 0 radical (unpaired) electrons. The van der Waals surface area contributed by atoms with Gasteiger partial charge >= 0.3 is 0 Å². The zero-order chi connectivity index (χ0) is 26.9. The Balaban J connectivity index is 1.34. The van der Waals surface area contributed by atoms with Gasteiger partial charge in [0.1, 0.15) is 29.3 Å². The van der Waals surface area contributed by atoms with Crippen molar-refractivity contribution in [2.24, 2.45) is 5.16 Å². The second-order valence-electron chi connectivity index (χ2n) is 8.97. The van der Waals surface area contributed by atoms with Crippen LogP contribution in [-0.2, 0) is 11.4 Å². The van der Waals surface area contributed by atoms with Crippen molar-refractivity contribution >= 4 is 11.4 Å². The Kier molecular flexibility index (Phi) is 6.20. The summed E-state index contributed by atoms with van der Waals surface area (Å²) in [6.45, 7) is 1.94. The number of methoxy groups -OCH3 is 2. The highest BCUT2D eigenvalue weighted by molar-refractivity contribution is 5.98. The van der Waals surface area contributed by atoms with Crippen LogP contribution in [0.2, 0.25) is 0 Å². The lowest BCUT2D eigenvalue weighted by Gasteiger charge is -2.28. The fourth-order valence-corrected chi connectivity index (χ4v) is 4.62. The van der Waals surface area contributed by atoms with E-state index in [2.05, 4.69) is 15.2 Å². The van der Waals surface area contributed by atoms with Crippen LogP contribution in [0.4, 0.5) is 0 Å². The van der Waals surface area contributed by atoms with E-state index in [0.29, 0.717) is 28.8 Å². The molecular weight excluding hydrogens is 498 g/mol. The van der Waals surface area contributed by atoms with Crippen LogP contribution in [0.1, 0.15) is 40.9 Å². The molecule has 10 nitrogen and oxygen atoms in total. The molecule has 3 aromatic carbocycles. The Bertz CT molecular complexity index is 1680. The summed E-state index contributed by atoms with van der Waals surface area (Å²) >= 11 is 0. The molecular formula is C29H25N5O5. The first-order chi connectivity index (χ1) is 19.0. The maximum absolute atomic E-state index is 10.1. The molecule has 0 bridgehead atoms. The number of phenols is 1. The van der Waals surface area contributed by atoms with Crippen molar-refractivity contribution < 1.29 is 24.2 Å². The van der Waals surface area contributed by atoms with E-state index in [9.17, 15) is 5.11 Å². The highest BCUT2D eigenvalue weighted by atomic mass is 16.6. The largest absolute Gasteiger partial charge is 0.508 e. The number of hydrogen-bond acceptors (Lipinski definition) is 9. The van der Waals surface area contributed by atoms with Crippen LogP contribution in [0.25, 0.3) is 5.65 Å². The first-order valence-electron chi connectivity index (χ1n) is 12.2. The Morgan fingerprint density at radius 1 is 1.00 bits per heavy atom. The molecule has 6 rings (SSSR count). The van der Waals surface area contributed by atoms with E-state index >= 15 is 0 Å². The van der Waals surface area contributed by atoms with E-state index in [1.54, 1.807) is 37.2 Å². The van der Waals surface area contributed by atoms with E-state index < -0.39 is 0 Å². The fourth-order valence-electron chi connectivity index (χ4n) is 4.62. The number of nitrogens with zero attached hydrogens (tertiary/aromatic N) is 5. The van der Waals surface area contributed by atoms with Crippen LogP contribution in [0, 0.1) is 0 Å². The SMILES string of the molecule is COc1ccc(/C(C)=N\OCc2nc3c4c(ncn3n2)Oc2cc(O)ccc2C4c2ccc(OC)cc2)cc1. The Morgan fingerprint density at radius 3 is 2.44 bits per heavy atom. The maximum Gasteiger partial charge on any atom is 0.228 e. The molecule has 1 atom stereocenters. The van der Waals surface area contributed by atoms with Gasteiger partial charge in [-0.15, -0.1) is 5.10 Å². The molecule has 1 aliphatic rings. The van der Waals surface area contributed by atoms with Gasteiger partial charge in [-0.1, -0.05) is 23.4 Å². The van der Waals surface area contributed by atoms with Crippen LogP contribution in [0.15, 0.2) is 78.2 Å². The Hall–Kier alpha value is -5.12. The van der Waals surface area contributed by atoms with Gasteiger partial charge in [-0.05, 0) is 60.5 Å². The summed E-state index contributed by atoms with van der Waals surface area (Å²) in [5, 5.41) is 18.9. The predicted molar refractivity (Wildman–Crippen MR) is 143 cm³/mol. The molecule has 1 aliphatic heterocycles.